The summed E-state index contributed by atoms with van der Waals surface area (Å²) in [5, 5.41) is 1.16. The molecule has 4 nitrogen and oxygen atoms in total. The second-order valence-electron chi connectivity index (χ2n) is 7.83. The summed E-state index contributed by atoms with van der Waals surface area (Å²) in [5.41, 5.74) is 14.3. The molecule has 0 spiro atoms. The molecule has 164 valence electrons. The lowest BCUT2D eigenvalue weighted by Gasteiger charge is -2.13. The molecule has 0 bridgehead atoms. The summed E-state index contributed by atoms with van der Waals surface area (Å²) < 4.78 is 2.24. The zero-order valence-electron chi connectivity index (χ0n) is 19.1. The van der Waals surface area contributed by atoms with Crippen LogP contribution in [0.1, 0.15) is 35.1 Å². The molecule has 0 atom stereocenters. The van der Waals surface area contributed by atoms with Gasteiger partial charge in [0.1, 0.15) is 0 Å². The van der Waals surface area contributed by atoms with Crippen LogP contribution in [0, 0.1) is 6.92 Å². The molecule has 4 aromatic rings. The Morgan fingerprint density at radius 3 is 2.52 bits per heavy atom. The van der Waals surface area contributed by atoms with E-state index in [1.165, 1.54) is 5.56 Å². The Labute approximate surface area is 195 Å². The molecule has 0 amide bonds. The van der Waals surface area contributed by atoms with Gasteiger partial charge in [0, 0.05) is 41.2 Å². The number of pyridine rings is 2. The number of aryl methyl sites for hydroxylation is 1. The van der Waals surface area contributed by atoms with Gasteiger partial charge < -0.3 is 10.3 Å². The van der Waals surface area contributed by atoms with Crippen LogP contribution in [0.3, 0.4) is 0 Å². The Morgan fingerprint density at radius 1 is 1.06 bits per heavy atom. The van der Waals surface area contributed by atoms with Crippen molar-refractivity contribution in [2.45, 2.75) is 20.3 Å². The molecule has 1 aromatic carbocycles. The van der Waals surface area contributed by atoms with Crippen molar-refractivity contribution in [3.63, 3.8) is 0 Å². The lowest BCUT2D eigenvalue weighted by atomic mass is 10.1. The summed E-state index contributed by atoms with van der Waals surface area (Å²) >= 11 is 0. The van der Waals surface area contributed by atoms with Gasteiger partial charge in [0.05, 0.1) is 22.6 Å². The Bertz CT molecular complexity index is 1360. The van der Waals surface area contributed by atoms with Crippen LogP contribution in [-0.2, 0) is 6.42 Å². The number of hydrogen-bond donors (Lipinski definition) is 1. The highest BCUT2D eigenvalue weighted by atomic mass is 15.0. The smallest absolute Gasteiger partial charge is 0.0859 e. The molecule has 0 unspecified atom stereocenters. The molecule has 4 rings (SSSR count). The van der Waals surface area contributed by atoms with Crippen molar-refractivity contribution < 1.29 is 0 Å². The summed E-state index contributed by atoms with van der Waals surface area (Å²) in [5.74, 6) is 0. The molecular formula is C29H28N4. The third-order valence-electron chi connectivity index (χ3n) is 5.50. The summed E-state index contributed by atoms with van der Waals surface area (Å²) in [6.45, 7) is 8.23. The second-order valence-corrected chi connectivity index (χ2v) is 7.83. The zero-order valence-corrected chi connectivity index (χ0v) is 19.1. The molecular weight excluding hydrogens is 404 g/mol. The van der Waals surface area contributed by atoms with Crippen molar-refractivity contribution in [3.8, 4) is 0 Å². The number of fused-ring (bicyclic) bond motifs is 1. The number of nitrogens with zero attached hydrogens (tertiary/aromatic N) is 3. The van der Waals surface area contributed by atoms with Gasteiger partial charge in [-0.3, -0.25) is 9.97 Å². The predicted molar refractivity (Wildman–Crippen MR) is 140 cm³/mol. The first kappa shape index (κ1) is 22.0. The lowest BCUT2D eigenvalue weighted by Crippen LogP contribution is -2.04. The minimum atomic E-state index is 0.600. The number of benzene rings is 1. The number of hydrogen-bond acceptors (Lipinski definition) is 3. The molecule has 4 heteroatoms. The van der Waals surface area contributed by atoms with E-state index in [1.54, 1.807) is 6.20 Å². The molecule has 3 heterocycles. The average molecular weight is 433 g/mol. The molecule has 0 aliphatic carbocycles. The molecule has 0 aliphatic heterocycles. The van der Waals surface area contributed by atoms with Crippen LogP contribution in [-0.4, -0.2) is 14.5 Å². The minimum Gasteiger partial charge on any atom is -0.397 e. The molecule has 0 aliphatic rings. The van der Waals surface area contributed by atoms with Gasteiger partial charge in [-0.05, 0) is 62.4 Å². The van der Waals surface area contributed by atoms with Crippen molar-refractivity contribution in [3.05, 3.63) is 120 Å². The van der Waals surface area contributed by atoms with E-state index in [0.29, 0.717) is 12.1 Å². The van der Waals surface area contributed by atoms with Crippen LogP contribution in [0.15, 0.2) is 91.8 Å². The van der Waals surface area contributed by atoms with Gasteiger partial charge in [-0.2, -0.15) is 0 Å². The fourth-order valence-electron chi connectivity index (χ4n) is 3.97. The zero-order chi connectivity index (χ0) is 23.2. The van der Waals surface area contributed by atoms with Crippen LogP contribution >= 0.6 is 0 Å². The van der Waals surface area contributed by atoms with Crippen molar-refractivity contribution in [2.24, 2.45) is 5.73 Å². The van der Waals surface area contributed by atoms with Gasteiger partial charge in [-0.15, -0.1) is 0 Å². The Hall–Kier alpha value is -4.18. The largest absolute Gasteiger partial charge is 0.397 e. The van der Waals surface area contributed by atoms with E-state index in [0.717, 1.165) is 39.2 Å². The van der Waals surface area contributed by atoms with Gasteiger partial charge in [-0.1, -0.05) is 48.6 Å². The molecule has 33 heavy (non-hydrogen) atoms. The van der Waals surface area contributed by atoms with Crippen molar-refractivity contribution in [2.75, 3.05) is 0 Å². The van der Waals surface area contributed by atoms with E-state index in [-0.39, 0.29) is 0 Å². The Balaban J connectivity index is 1.97. The number of rotatable bonds is 7. The minimum absolute atomic E-state index is 0.600. The number of allylic oxidation sites excluding steroid dienone is 4. The molecule has 0 fully saturated rings. The van der Waals surface area contributed by atoms with Crippen LogP contribution < -0.4 is 5.73 Å². The third-order valence-corrected chi connectivity index (χ3v) is 5.50. The van der Waals surface area contributed by atoms with Crippen molar-refractivity contribution >= 4 is 34.4 Å². The van der Waals surface area contributed by atoms with Gasteiger partial charge in [0.15, 0.2) is 0 Å². The molecule has 0 radical (unpaired) electrons. The van der Waals surface area contributed by atoms with Crippen LogP contribution in [0.2, 0.25) is 0 Å². The Kier molecular flexibility index (Phi) is 6.65. The SMILES string of the molecule is C=Cc1c(/C=C\C)n(C(/C=C(\N)c2ccccn2)=C/Cc2ccccn2)c2ccc(C)cc12. The maximum atomic E-state index is 6.52. The second kappa shape index (κ2) is 9.96. The highest BCUT2D eigenvalue weighted by Gasteiger charge is 2.16. The van der Waals surface area contributed by atoms with Crippen LogP contribution in [0.5, 0.6) is 0 Å². The highest BCUT2D eigenvalue weighted by molar-refractivity contribution is 5.97. The maximum Gasteiger partial charge on any atom is 0.0859 e. The molecule has 0 saturated heterocycles. The summed E-state index contributed by atoms with van der Waals surface area (Å²) in [4.78, 5) is 8.91. The topological polar surface area (TPSA) is 56.7 Å². The van der Waals surface area contributed by atoms with Crippen LogP contribution in [0.4, 0.5) is 0 Å². The average Bonchev–Trinajstić information content (AvgIpc) is 3.15. The summed E-state index contributed by atoms with van der Waals surface area (Å²) in [6.07, 6.45) is 14.5. The number of nitrogens with two attached hydrogens (primary N) is 1. The highest BCUT2D eigenvalue weighted by Crippen LogP contribution is 2.33. The summed E-state index contributed by atoms with van der Waals surface area (Å²) in [7, 11) is 0. The maximum absolute atomic E-state index is 6.52. The first-order valence-electron chi connectivity index (χ1n) is 11.0. The van der Waals surface area contributed by atoms with E-state index >= 15 is 0 Å². The van der Waals surface area contributed by atoms with E-state index in [9.17, 15) is 0 Å². The normalized spacial score (nSPS) is 12.5. The van der Waals surface area contributed by atoms with Gasteiger partial charge in [-0.25, -0.2) is 0 Å². The fourth-order valence-corrected chi connectivity index (χ4v) is 3.97. The number of aromatic nitrogens is 3. The van der Waals surface area contributed by atoms with E-state index in [2.05, 4.69) is 58.4 Å². The first-order chi connectivity index (χ1) is 16.1. The van der Waals surface area contributed by atoms with Gasteiger partial charge >= 0.3 is 0 Å². The first-order valence-corrected chi connectivity index (χ1v) is 11.0. The van der Waals surface area contributed by atoms with E-state index in [1.807, 2.05) is 67.7 Å². The predicted octanol–water partition coefficient (Wildman–Crippen LogP) is 6.50. The quantitative estimate of drug-likeness (QED) is 0.339. The van der Waals surface area contributed by atoms with E-state index < -0.39 is 0 Å². The fraction of sp³-hybridized carbons (Fsp3) is 0.103. The van der Waals surface area contributed by atoms with Crippen molar-refractivity contribution in [1.29, 1.82) is 0 Å². The van der Waals surface area contributed by atoms with Gasteiger partial charge in [0.25, 0.3) is 0 Å². The van der Waals surface area contributed by atoms with Crippen molar-refractivity contribution in [1.82, 2.24) is 14.5 Å². The molecule has 2 N–H and O–H groups in total. The summed E-state index contributed by atoms with van der Waals surface area (Å²) in [6, 6.07) is 18.2. The standard InChI is InChI=1S/C29H28N4/c1-4-10-28-24(5-2)25-19-21(3)13-16-29(25)33(28)23(15-14-22-11-6-8-17-31-22)20-26(30)27-12-7-9-18-32-27/h4-13,15-20H,2,14,30H2,1,3H3/b10-4-,23-15+,26-20-. The lowest BCUT2D eigenvalue weighted by molar-refractivity contribution is 1.08. The van der Waals surface area contributed by atoms with E-state index in [4.69, 9.17) is 5.73 Å². The van der Waals surface area contributed by atoms with Gasteiger partial charge in [0.2, 0.25) is 0 Å². The third kappa shape index (κ3) is 4.70. The van der Waals surface area contributed by atoms with Crippen LogP contribution in [0.25, 0.3) is 34.4 Å². The Morgan fingerprint density at radius 2 is 1.85 bits per heavy atom. The monoisotopic (exact) mass is 432 g/mol. The molecule has 3 aromatic heterocycles. The molecule has 0 saturated carbocycles.